The Morgan fingerprint density at radius 3 is 1.58 bits per heavy atom. The highest BCUT2D eigenvalue weighted by atomic mass is 16.7. The summed E-state index contributed by atoms with van der Waals surface area (Å²) in [6, 6.07) is -0.814. The summed E-state index contributed by atoms with van der Waals surface area (Å²) in [5.74, 6) is -0.192. The van der Waals surface area contributed by atoms with Crippen LogP contribution < -0.4 is 5.32 Å². The van der Waals surface area contributed by atoms with Crippen LogP contribution in [0.5, 0.6) is 0 Å². The normalized spacial score (nSPS) is 21.8. The molecule has 7 unspecified atom stereocenters. The van der Waals surface area contributed by atoms with E-state index in [1.54, 1.807) is 6.08 Å². The molecular formula is C44H83NO8. The van der Waals surface area contributed by atoms with Gasteiger partial charge in [-0.15, -0.1) is 0 Å². The number of aliphatic hydroxyl groups is 5. The minimum Gasteiger partial charge on any atom is -0.394 e. The van der Waals surface area contributed by atoms with E-state index in [4.69, 9.17) is 9.47 Å². The molecule has 0 aromatic rings. The molecular weight excluding hydrogens is 670 g/mol. The van der Waals surface area contributed by atoms with E-state index < -0.39 is 49.5 Å². The predicted octanol–water partition coefficient (Wildman–Crippen LogP) is 8.72. The van der Waals surface area contributed by atoms with Crippen LogP contribution in [0.25, 0.3) is 0 Å². The lowest BCUT2D eigenvalue weighted by Crippen LogP contribution is -2.60. The number of ether oxygens (including phenoxy) is 2. The molecule has 7 atom stereocenters. The van der Waals surface area contributed by atoms with E-state index in [0.29, 0.717) is 6.42 Å². The number of hydrogen-bond donors (Lipinski definition) is 6. The Balaban J connectivity index is 2.32. The first-order valence-corrected chi connectivity index (χ1v) is 22.1. The summed E-state index contributed by atoms with van der Waals surface area (Å²) in [6.07, 6.45) is 33.9. The molecule has 0 saturated carbocycles. The van der Waals surface area contributed by atoms with Gasteiger partial charge in [0, 0.05) is 6.42 Å². The number of nitrogens with one attached hydrogen (secondary N) is 1. The van der Waals surface area contributed by atoms with Gasteiger partial charge in [-0.05, 0) is 32.1 Å². The second-order valence-electron chi connectivity index (χ2n) is 15.5. The lowest BCUT2D eigenvalue weighted by atomic mass is 9.99. The number of carbonyl (C=O) groups is 1. The largest absolute Gasteiger partial charge is 0.394 e. The minimum atomic E-state index is -1.57. The van der Waals surface area contributed by atoms with Crippen LogP contribution in [0.4, 0.5) is 0 Å². The van der Waals surface area contributed by atoms with E-state index in [1.807, 2.05) is 6.08 Å². The van der Waals surface area contributed by atoms with Gasteiger partial charge in [-0.1, -0.05) is 179 Å². The lowest BCUT2D eigenvalue weighted by molar-refractivity contribution is -0.302. The van der Waals surface area contributed by atoms with E-state index in [1.165, 1.54) is 135 Å². The third kappa shape index (κ3) is 26.2. The zero-order valence-electron chi connectivity index (χ0n) is 34.0. The Morgan fingerprint density at radius 1 is 0.623 bits per heavy atom. The summed E-state index contributed by atoms with van der Waals surface area (Å²) in [6.45, 7) is 3.72. The summed E-state index contributed by atoms with van der Waals surface area (Å²) in [7, 11) is 0. The van der Waals surface area contributed by atoms with Crippen molar-refractivity contribution in [2.75, 3.05) is 13.2 Å². The zero-order chi connectivity index (χ0) is 38.8. The van der Waals surface area contributed by atoms with E-state index in [0.717, 1.165) is 38.5 Å². The van der Waals surface area contributed by atoms with Gasteiger partial charge in [0.05, 0.1) is 25.4 Å². The first kappa shape index (κ1) is 49.7. The molecule has 0 aromatic carbocycles. The Kier molecular flexibility index (Phi) is 32.9. The van der Waals surface area contributed by atoms with Crippen LogP contribution in [0.1, 0.15) is 194 Å². The number of hydrogen-bond acceptors (Lipinski definition) is 8. The van der Waals surface area contributed by atoms with Gasteiger partial charge < -0.3 is 40.3 Å². The SMILES string of the molecule is CCCCCCCCCCCCCCCCCC/C=C/CC/C=C/C(O)C(COC1OC(CO)C(O)C(O)C1O)NC(=O)CCCCCCCCCC. The molecule has 0 spiro atoms. The molecule has 53 heavy (non-hydrogen) atoms. The Morgan fingerprint density at radius 2 is 1.08 bits per heavy atom. The maximum absolute atomic E-state index is 12.8. The van der Waals surface area contributed by atoms with Crippen LogP contribution in [0.2, 0.25) is 0 Å². The van der Waals surface area contributed by atoms with Crippen molar-refractivity contribution in [3.05, 3.63) is 24.3 Å². The number of amides is 1. The van der Waals surface area contributed by atoms with E-state index in [2.05, 4.69) is 31.3 Å². The van der Waals surface area contributed by atoms with Gasteiger partial charge in [-0.25, -0.2) is 0 Å². The van der Waals surface area contributed by atoms with Crippen molar-refractivity contribution in [3.8, 4) is 0 Å². The molecule has 9 nitrogen and oxygen atoms in total. The highest BCUT2D eigenvalue weighted by molar-refractivity contribution is 5.76. The van der Waals surface area contributed by atoms with E-state index in [-0.39, 0.29) is 12.5 Å². The zero-order valence-corrected chi connectivity index (χ0v) is 34.0. The average Bonchev–Trinajstić information content (AvgIpc) is 3.16. The number of carbonyl (C=O) groups excluding carboxylic acids is 1. The van der Waals surface area contributed by atoms with Crippen molar-refractivity contribution in [3.63, 3.8) is 0 Å². The summed E-state index contributed by atoms with van der Waals surface area (Å²) >= 11 is 0. The lowest BCUT2D eigenvalue weighted by Gasteiger charge is -2.40. The summed E-state index contributed by atoms with van der Waals surface area (Å²) in [5.41, 5.74) is 0. The minimum absolute atomic E-state index is 0.192. The van der Waals surface area contributed by atoms with Gasteiger partial charge in [0.15, 0.2) is 6.29 Å². The van der Waals surface area contributed by atoms with Crippen molar-refractivity contribution in [2.45, 2.75) is 236 Å². The first-order chi connectivity index (χ1) is 25.8. The molecule has 312 valence electrons. The second kappa shape index (κ2) is 35.1. The number of unbranched alkanes of at least 4 members (excludes halogenated alkanes) is 24. The molecule has 1 amide bonds. The van der Waals surface area contributed by atoms with Gasteiger partial charge in [-0.2, -0.15) is 0 Å². The third-order valence-corrected chi connectivity index (χ3v) is 10.5. The number of rotatable bonds is 36. The third-order valence-electron chi connectivity index (χ3n) is 10.5. The molecule has 1 aliphatic heterocycles. The highest BCUT2D eigenvalue weighted by Crippen LogP contribution is 2.22. The van der Waals surface area contributed by atoms with E-state index >= 15 is 0 Å². The maximum Gasteiger partial charge on any atom is 0.220 e. The number of allylic oxidation sites excluding steroid dienone is 3. The molecule has 9 heteroatoms. The predicted molar refractivity (Wildman–Crippen MR) is 217 cm³/mol. The van der Waals surface area contributed by atoms with Crippen LogP contribution in [-0.2, 0) is 14.3 Å². The number of aliphatic hydroxyl groups excluding tert-OH is 5. The maximum atomic E-state index is 12.8. The van der Waals surface area contributed by atoms with Crippen molar-refractivity contribution in [1.29, 1.82) is 0 Å². The van der Waals surface area contributed by atoms with Crippen molar-refractivity contribution in [2.24, 2.45) is 0 Å². The standard InChI is InChI=1S/C44H83NO8/c1-3-5-7-9-11-13-14-15-16-17-18-19-20-21-22-23-24-25-26-27-29-31-33-38(47)37(45-40(48)34-32-30-28-12-10-8-6-4-2)36-52-44-43(51)42(50)41(49)39(35-46)53-44/h25-26,31,33,37-39,41-44,46-47,49-51H,3-24,27-30,32,34-36H2,1-2H3,(H,45,48)/b26-25+,33-31+. The summed E-state index contributed by atoms with van der Waals surface area (Å²) in [4.78, 5) is 12.8. The molecule has 0 bridgehead atoms. The van der Waals surface area contributed by atoms with Crippen LogP contribution in [-0.4, -0.2) is 87.5 Å². The van der Waals surface area contributed by atoms with Gasteiger partial charge in [0.25, 0.3) is 0 Å². The first-order valence-electron chi connectivity index (χ1n) is 22.1. The Labute approximate surface area is 324 Å². The average molecular weight is 754 g/mol. The second-order valence-corrected chi connectivity index (χ2v) is 15.5. The topological polar surface area (TPSA) is 149 Å². The molecule has 0 aromatic heterocycles. The van der Waals surface area contributed by atoms with Gasteiger partial charge in [0.2, 0.25) is 5.91 Å². The molecule has 1 fully saturated rings. The Bertz CT molecular complexity index is 883. The molecule has 1 aliphatic rings. The van der Waals surface area contributed by atoms with Crippen LogP contribution in [0.15, 0.2) is 24.3 Å². The van der Waals surface area contributed by atoms with Crippen LogP contribution in [0, 0.1) is 0 Å². The van der Waals surface area contributed by atoms with Crippen molar-refractivity contribution in [1.82, 2.24) is 5.32 Å². The fourth-order valence-electron chi connectivity index (χ4n) is 6.94. The van der Waals surface area contributed by atoms with Gasteiger partial charge >= 0.3 is 0 Å². The smallest absolute Gasteiger partial charge is 0.220 e. The van der Waals surface area contributed by atoms with Crippen LogP contribution in [0.3, 0.4) is 0 Å². The molecule has 0 aliphatic carbocycles. The van der Waals surface area contributed by atoms with Crippen molar-refractivity contribution >= 4 is 5.91 Å². The van der Waals surface area contributed by atoms with Gasteiger partial charge in [0.1, 0.15) is 24.4 Å². The summed E-state index contributed by atoms with van der Waals surface area (Å²) < 4.78 is 11.1. The molecule has 1 saturated heterocycles. The van der Waals surface area contributed by atoms with Crippen LogP contribution >= 0.6 is 0 Å². The van der Waals surface area contributed by atoms with E-state index in [9.17, 15) is 30.3 Å². The fraction of sp³-hybridized carbons (Fsp3) is 0.886. The van der Waals surface area contributed by atoms with Gasteiger partial charge in [-0.3, -0.25) is 4.79 Å². The van der Waals surface area contributed by atoms with Crippen molar-refractivity contribution < 1.29 is 39.8 Å². The molecule has 0 radical (unpaired) electrons. The summed E-state index contributed by atoms with van der Waals surface area (Å²) in [5, 5.41) is 53.9. The monoisotopic (exact) mass is 754 g/mol. The highest BCUT2D eigenvalue weighted by Gasteiger charge is 2.44. The Hall–Kier alpha value is -1.33. The molecule has 6 N–H and O–H groups in total. The molecule has 1 rings (SSSR count). The molecule has 1 heterocycles. The quantitative estimate of drug-likeness (QED) is 0.0275. The fourth-order valence-corrected chi connectivity index (χ4v) is 6.94.